The highest BCUT2D eigenvalue weighted by atomic mass is 79.9. The minimum absolute atomic E-state index is 0.192. The molecule has 1 aromatic rings. The quantitative estimate of drug-likeness (QED) is 0.820. The number of aryl methyl sites for hydroxylation is 2. The van der Waals surface area contributed by atoms with E-state index in [-0.39, 0.29) is 12.5 Å². The first-order chi connectivity index (χ1) is 9.72. The number of carboxylic acid groups (broad SMARTS) is 1. The van der Waals surface area contributed by atoms with E-state index in [9.17, 15) is 9.59 Å². The summed E-state index contributed by atoms with van der Waals surface area (Å²) in [5.41, 5.74) is 1.82. The lowest BCUT2D eigenvalue weighted by Gasteiger charge is -2.18. The molecule has 0 saturated carbocycles. The lowest BCUT2D eigenvalue weighted by atomic mass is 10.1. The van der Waals surface area contributed by atoms with Crippen LogP contribution in [0.4, 0.5) is 0 Å². The second kappa shape index (κ2) is 7.45. The average Bonchev–Trinajstić information content (AvgIpc) is 2.33. The van der Waals surface area contributed by atoms with Crippen LogP contribution < -0.4 is 10.1 Å². The number of nitrogens with one attached hydrogen (secondary N) is 1. The Balaban J connectivity index is 2.67. The molecular weight excluding hydrogens is 338 g/mol. The van der Waals surface area contributed by atoms with Crippen molar-refractivity contribution >= 4 is 27.8 Å². The van der Waals surface area contributed by atoms with Crippen LogP contribution in [0.5, 0.6) is 5.75 Å². The van der Waals surface area contributed by atoms with Gasteiger partial charge in [0.2, 0.25) is 0 Å². The standard InChI is InChI=1S/C15H20BrNO4/c1-8(2)13(15(19)20)17-12(18)7-21-14-9(3)5-11(16)6-10(14)4/h5-6,8,13H,7H2,1-4H3,(H,17,18)(H,19,20)/t13-/m0/s1. The van der Waals surface area contributed by atoms with Crippen LogP contribution in [0.1, 0.15) is 25.0 Å². The van der Waals surface area contributed by atoms with Crippen molar-refractivity contribution in [2.75, 3.05) is 6.61 Å². The van der Waals surface area contributed by atoms with Crippen molar-refractivity contribution in [3.63, 3.8) is 0 Å². The van der Waals surface area contributed by atoms with Crippen LogP contribution in [0, 0.1) is 19.8 Å². The zero-order valence-corrected chi connectivity index (χ0v) is 14.2. The van der Waals surface area contributed by atoms with Crippen molar-refractivity contribution < 1.29 is 19.4 Å². The molecule has 0 aliphatic heterocycles. The Morgan fingerprint density at radius 3 is 2.24 bits per heavy atom. The highest BCUT2D eigenvalue weighted by molar-refractivity contribution is 9.10. The van der Waals surface area contributed by atoms with Gasteiger partial charge in [0.25, 0.3) is 5.91 Å². The second-order valence-corrected chi connectivity index (χ2v) is 6.20. The summed E-state index contributed by atoms with van der Waals surface area (Å²) in [6.07, 6.45) is 0. The molecule has 0 spiro atoms. The molecular formula is C15H20BrNO4. The summed E-state index contributed by atoms with van der Waals surface area (Å²) in [4.78, 5) is 22.9. The number of carbonyl (C=O) groups is 2. The normalized spacial score (nSPS) is 12.1. The second-order valence-electron chi connectivity index (χ2n) is 5.28. The topological polar surface area (TPSA) is 75.6 Å². The van der Waals surface area contributed by atoms with E-state index < -0.39 is 17.9 Å². The van der Waals surface area contributed by atoms with E-state index in [2.05, 4.69) is 21.2 Å². The number of amides is 1. The predicted molar refractivity (Wildman–Crippen MR) is 83.5 cm³/mol. The van der Waals surface area contributed by atoms with E-state index >= 15 is 0 Å². The van der Waals surface area contributed by atoms with Crippen LogP contribution in [0.15, 0.2) is 16.6 Å². The smallest absolute Gasteiger partial charge is 0.326 e. The summed E-state index contributed by atoms with van der Waals surface area (Å²) in [7, 11) is 0. The van der Waals surface area contributed by atoms with Crippen molar-refractivity contribution in [2.24, 2.45) is 5.92 Å². The van der Waals surface area contributed by atoms with Gasteiger partial charge in [-0.05, 0) is 43.0 Å². The molecule has 0 fully saturated rings. The average molecular weight is 358 g/mol. The van der Waals surface area contributed by atoms with Crippen molar-refractivity contribution in [3.8, 4) is 5.75 Å². The largest absolute Gasteiger partial charge is 0.483 e. The number of carbonyl (C=O) groups excluding carboxylic acids is 1. The Morgan fingerprint density at radius 1 is 1.29 bits per heavy atom. The molecule has 116 valence electrons. The van der Waals surface area contributed by atoms with E-state index in [1.807, 2.05) is 26.0 Å². The van der Waals surface area contributed by atoms with Gasteiger partial charge in [-0.15, -0.1) is 0 Å². The SMILES string of the molecule is Cc1cc(Br)cc(C)c1OCC(=O)N[C@H](C(=O)O)C(C)C. The molecule has 0 saturated heterocycles. The molecule has 1 amide bonds. The van der Waals surface area contributed by atoms with Crippen LogP contribution in [0.2, 0.25) is 0 Å². The number of benzene rings is 1. The van der Waals surface area contributed by atoms with E-state index in [0.717, 1.165) is 15.6 Å². The van der Waals surface area contributed by atoms with Gasteiger partial charge in [0.05, 0.1) is 0 Å². The van der Waals surface area contributed by atoms with Crippen molar-refractivity contribution in [1.29, 1.82) is 0 Å². The minimum Gasteiger partial charge on any atom is -0.483 e. The molecule has 6 heteroatoms. The number of hydrogen-bond donors (Lipinski definition) is 2. The zero-order chi connectivity index (χ0) is 16.2. The zero-order valence-electron chi connectivity index (χ0n) is 12.6. The van der Waals surface area contributed by atoms with Gasteiger partial charge in [-0.2, -0.15) is 0 Å². The van der Waals surface area contributed by atoms with Gasteiger partial charge in [0, 0.05) is 4.47 Å². The third-order valence-corrected chi connectivity index (χ3v) is 3.48. The summed E-state index contributed by atoms with van der Waals surface area (Å²) >= 11 is 3.39. The highest BCUT2D eigenvalue weighted by Crippen LogP contribution is 2.27. The predicted octanol–water partition coefficient (Wildman–Crippen LogP) is 2.67. The molecule has 1 aromatic carbocycles. The summed E-state index contributed by atoms with van der Waals surface area (Å²) in [5.74, 6) is -1.04. The fourth-order valence-electron chi connectivity index (χ4n) is 1.99. The molecule has 0 bridgehead atoms. The van der Waals surface area contributed by atoms with Gasteiger partial charge < -0.3 is 15.2 Å². The maximum absolute atomic E-state index is 11.8. The lowest BCUT2D eigenvalue weighted by Crippen LogP contribution is -2.46. The number of ether oxygens (including phenoxy) is 1. The number of aliphatic carboxylic acids is 1. The van der Waals surface area contributed by atoms with E-state index in [1.165, 1.54) is 0 Å². The Hall–Kier alpha value is -1.56. The summed E-state index contributed by atoms with van der Waals surface area (Å²) in [6, 6.07) is 2.89. The Morgan fingerprint density at radius 2 is 1.81 bits per heavy atom. The molecule has 0 unspecified atom stereocenters. The minimum atomic E-state index is -1.05. The molecule has 0 heterocycles. The molecule has 0 aliphatic rings. The number of carboxylic acids is 1. The molecule has 0 aliphatic carbocycles. The van der Waals surface area contributed by atoms with Crippen LogP contribution in [0.25, 0.3) is 0 Å². The van der Waals surface area contributed by atoms with Gasteiger partial charge in [-0.25, -0.2) is 4.79 Å². The van der Waals surface area contributed by atoms with Crippen molar-refractivity contribution in [1.82, 2.24) is 5.32 Å². The Bertz CT molecular complexity index is 519. The van der Waals surface area contributed by atoms with E-state index in [1.54, 1.807) is 13.8 Å². The maximum Gasteiger partial charge on any atom is 0.326 e. The third-order valence-electron chi connectivity index (χ3n) is 3.02. The van der Waals surface area contributed by atoms with E-state index in [4.69, 9.17) is 9.84 Å². The first-order valence-electron chi connectivity index (χ1n) is 6.64. The maximum atomic E-state index is 11.8. The molecule has 1 rings (SSSR count). The summed E-state index contributed by atoms with van der Waals surface area (Å²) in [5, 5.41) is 11.5. The van der Waals surface area contributed by atoms with Crippen molar-refractivity contribution in [2.45, 2.75) is 33.7 Å². The molecule has 0 aromatic heterocycles. The molecule has 21 heavy (non-hydrogen) atoms. The third kappa shape index (κ3) is 5.04. The number of hydrogen-bond acceptors (Lipinski definition) is 3. The number of rotatable bonds is 6. The van der Waals surface area contributed by atoms with Crippen LogP contribution in [0.3, 0.4) is 0 Å². The molecule has 1 atom stereocenters. The highest BCUT2D eigenvalue weighted by Gasteiger charge is 2.23. The fraction of sp³-hybridized carbons (Fsp3) is 0.467. The molecule has 2 N–H and O–H groups in total. The number of halogens is 1. The van der Waals surface area contributed by atoms with Gasteiger partial charge >= 0.3 is 5.97 Å². The Kier molecular flexibility index (Phi) is 6.20. The first kappa shape index (κ1) is 17.5. The van der Waals surface area contributed by atoms with E-state index in [0.29, 0.717) is 5.75 Å². The van der Waals surface area contributed by atoms with Crippen molar-refractivity contribution in [3.05, 3.63) is 27.7 Å². The van der Waals surface area contributed by atoms with Gasteiger partial charge in [0.1, 0.15) is 11.8 Å². The first-order valence-corrected chi connectivity index (χ1v) is 7.43. The fourth-order valence-corrected chi connectivity index (χ4v) is 2.68. The summed E-state index contributed by atoms with van der Waals surface area (Å²) < 4.78 is 6.46. The lowest BCUT2D eigenvalue weighted by molar-refractivity contribution is -0.143. The van der Waals surface area contributed by atoms with Crippen LogP contribution in [-0.2, 0) is 9.59 Å². The monoisotopic (exact) mass is 357 g/mol. The van der Waals surface area contributed by atoms with Crippen LogP contribution >= 0.6 is 15.9 Å². The van der Waals surface area contributed by atoms with Gasteiger partial charge in [-0.1, -0.05) is 29.8 Å². The Labute approximate surface area is 132 Å². The molecule has 5 nitrogen and oxygen atoms in total. The van der Waals surface area contributed by atoms with Gasteiger partial charge in [-0.3, -0.25) is 4.79 Å². The summed E-state index contributed by atoms with van der Waals surface area (Å²) in [6.45, 7) is 7.05. The van der Waals surface area contributed by atoms with Gasteiger partial charge in [0.15, 0.2) is 6.61 Å². The van der Waals surface area contributed by atoms with Crippen LogP contribution in [-0.4, -0.2) is 29.6 Å². The molecule has 0 radical (unpaired) electrons.